The minimum Gasteiger partial charge on any atom is -0.508 e. The Bertz CT molecular complexity index is 1050. The summed E-state index contributed by atoms with van der Waals surface area (Å²) in [7, 11) is 1.61. The minimum atomic E-state index is -0.521. The molecule has 0 aliphatic carbocycles. The summed E-state index contributed by atoms with van der Waals surface area (Å²) in [6, 6.07) is 20.0. The average molecular weight is 372 g/mol. The molecule has 0 fully saturated rings. The zero-order valence-electron chi connectivity index (χ0n) is 15.7. The summed E-state index contributed by atoms with van der Waals surface area (Å²) in [6.45, 7) is 2.02. The highest BCUT2D eigenvalue weighted by Gasteiger charge is 2.33. The van der Waals surface area contributed by atoms with Gasteiger partial charge in [0.15, 0.2) is 11.9 Å². The molecule has 4 heteroatoms. The highest BCUT2D eigenvalue weighted by atomic mass is 16.5. The van der Waals surface area contributed by atoms with Crippen molar-refractivity contribution in [3.05, 3.63) is 94.6 Å². The highest BCUT2D eigenvalue weighted by molar-refractivity contribution is 6.14. The van der Waals surface area contributed by atoms with Crippen LogP contribution in [0.3, 0.4) is 0 Å². The van der Waals surface area contributed by atoms with Gasteiger partial charge in [0, 0.05) is 5.57 Å². The third-order valence-corrected chi connectivity index (χ3v) is 4.82. The van der Waals surface area contributed by atoms with Gasteiger partial charge >= 0.3 is 0 Å². The van der Waals surface area contributed by atoms with E-state index in [4.69, 9.17) is 9.47 Å². The molecule has 1 N–H and O–H groups in total. The van der Waals surface area contributed by atoms with Crippen LogP contribution in [0.25, 0.3) is 6.08 Å². The van der Waals surface area contributed by atoms with Crippen molar-refractivity contribution in [3.63, 3.8) is 0 Å². The largest absolute Gasteiger partial charge is 0.508 e. The van der Waals surface area contributed by atoms with Gasteiger partial charge in [-0.1, -0.05) is 42.0 Å². The number of aryl methyl sites for hydroxylation is 1. The number of carbonyl (C=O) groups excluding carboxylic acids is 1. The van der Waals surface area contributed by atoms with E-state index < -0.39 is 6.10 Å². The fourth-order valence-corrected chi connectivity index (χ4v) is 3.27. The molecule has 140 valence electrons. The fraction of sp³-hybridized carbons (Fsp3) is 0.125. The number of fused-ring (bicyclic) bond motifs is 1. The van der Waals surface area contributed by atoms with Crippen LogP contribution in [-0.2, 0) is 0 Å². The molecular weight excluding hydrogens is 352 g/mol. The van der Waals surface area contributed by atoms with E-state index in [1.54, 1.807) is 13.2 Å². The second-order valence-electron chi connectivity index (χ2n) is 6.79. The molecule has 4 nitrogen and oxygen atoms in total. The quantitative estimate of drug-likeness (QED) is 0.649. The van der Waals surface area contributed by atoms with Gasteiger partial charge in [-0.2, -0.15) is 0 Å². The summed E-state index contributed by atoms with van der Waals surface area (Å²) < 4.78 is 11.4. The zero-order chi connectivity index (χ0) is 19.7. The van der Waals surface area contributed by atoms with Crippen LogP contribution >= 0.6 is 0 Å². The van der Waals surface area contributed by atoms with E-state index in [0.717, 1.165) is 22.4 Å². The first-order chi connectivity index (χ1) is 13.5. The normalized spacial score (nSPS) is 17.1. The van der Waals surface area contributed by atoms with Crippen molar-refractivity contribution in [1.29, 1.82) is 0 Å². The molecule has 0 saturated carbocycles. The van der Waals surface area contributed by atoms with Crippen LogP contribution in [0.15, 0.2) is 72.3 Å². The molecule has 0 saturated heterocycles. The second-order valence-corrected chi connectivity index (χ2v) is 6.79. The minimum absolute atomic E-state index is 0.0354. The molecule has 0 aromatic heterocycles. The van der Waals surface area contributed by atoms with Gasteiger partial charge in [-0.25, -0.2) is 0 Å². The van der Waals surface area contributed by atoms with Crippen LogP contribution in [0.2, 0.25) is 0 Å². The van der Waals surface area contributed by atoms with E-state index in [9.17, 15) is 9.90 Å². The lowest BCUT2D eigenvalue weighted by Crippen LogP contribution is -2.23. The lowest BCUT2D eigenvalue weighted by atomic mass is 9.89. The molecule has 0 radical (unpaired) electrons. The Kier molecular flexibility index (Phi) is 4.62. The molecule has 4 rings (SSSR count). The first kappa shape index (κ1) is 17.9. The Morgan fingerprint density at radius 3 is 2.39 bits per heavy atom. The molecule has 3 aromatic carbocycles. The average Bonchev–Trinajstić information content (AvgIpc) is 2.71. The van der Waals surface area contributed by atoms with Crippen molar-refractivity contribution >= 4 is 11.9 Å². The summed E-state index contributed by atoms with van der Waals surface area (Å²) in [4.78, 5) is 13.3. The van der Waals surface area contributed by atoms with Crippen LogP contribution in [0, 0.1) is 6.92 Å². The van der Waals surface area contributed by atoms with Crippen molar-refractivity contribution in [2.75, 3.05) is 7.11 Å². The third-order valence-electron chi connectivity index (χ3n) is 4.82. The molecule has 0 amide bonds. The maximum Gasteiger partial charge on any atom is 0.196 e. The number of ether oxygens (including phenoxy) is 2. The van der Waals surface area contributed by atoms with Crippen LogP contribution in [0.5, 0.6) is 17.2 Å². The van der Waals surface area contributed by atoms with Gasteiger partial charge in [0.2, 0.25) is 0 Å². The molecule has 1 aliphatic rings. The molecule has 0 spiro atoms. The van der Waals surface area contributed by atoms with Gasteiger partial charge in [-0.15, -0.1) is 0 Å². The van der Waals surface area contributed by atoms with Crippen molar-refractivity contribution in [2.24, 2.45) is 0 Å². The van der Waals surface area contributed by atoms with Crippen LogP contribution in [0.1, 0.15) is 33.2 Å². The number of aromatic hydroxyl groups is 1. The summed E-state index contributed by atoms with van der Waals surface area (Å²) in [5, 5.41) is 9.81. The number of rotatable bonds is 3. The number of carbonyl (C=O) groups is 1. The Labute approximate surface area is 163 Å². The molecule has 3 aromatic rings. The predicted octanol–water partition coefficient (Wildman–Crippen LogP) is 5.11. The molecule has 1 unspecified atom stereocenters. The first-order valence-corrected chi connectivity index (χ1v) is 9.02. The number of phenols is 1. The number of hydrogen-bond acceptors (Lipinski definition) is 4. The fourth-order valence-electron chi connectivity index (χ4n) is 3.27. The lowest BCUT2D eigenvalue weighted by molar-refractivity contribution is 0.0963. The van der Waals surface area contributed by atoms with E-state index in [1.165, 1.54) is 12.1 Å². The number of phenolic OH excluding ortho intramolecular Hbond substituents is 1. The summed E-state index contributed by atoms with van der Waals surface area (Å²) in [6.07, 6.45) is 1.31. The van der Waals surface area contributed by atoms with Gasteiger partial charge in [-0.3, -0.25) is 4.79 Å². The van der Waals surface area contributed by atoms with E-state index in [0.29, 0.717) is 16.9 Å². The molecule has 28 heavy (non-hydrogen) atoms. The van der Waals surface area contributed by atoms with Crippen molar-refractivity contribution < 1.29 is 19.4 Å². The predicted molar refractivity (Wildman–Crippen MR) is 108 cm³/mol. The van der Waals surface area contributed by atoms with Crippen molar-refractivity contribution in [1.82, 2.24) is 0 Å². The lowest BCUT2D eigenvalue weighted by Gasteiger charge is -2.28. The Morgan fingerprint density at radius 1 is 1.00 bits per heavy atom. The summed E-state index contributed by atoms with van der Waals surface area (Å²) in [5.74, 6) is 1.10. The molecular formula is C24H20O4. The Hall–Kier alpha value is -3.53. The highest BCUT2D eigenvalue weighted by Crippen LogP contribution is 2.40. The summed E-state index contributed by atoms with van der Waals surface area (Å²) in [5.41, 5.74) is 3.79. The van der Waals surface area contributed by atoms with Gasteiger partial charge in [0.25, 0.3) is 0 Å². The van der Waals surface area contributed by atoms with Crippen molar-refractivity contribution in [3.8, 4) is 17.2 Å². The van der Waals surface area contributed by atoms with Gasteiger partial charge in [-0.05, 0) is 54.5 Å². The van der Waals surface area contributed by atoms with E-state index >= 15 is 0 Å². The van der Waals surface area contributed by atoms with E-state index in [2.05, 4.69) is 0 Å². The Balaban J connectivity index is 1.83. The standard InChI is InChI=1S/C24H20O4/c1-15-3-7-17(8-4-15)24-21(13-16-5-10-19(27-2)11-6-16)23(26)20-14-18(25)9-12-22(20)28-24/h3-14,24-25H,1-2H3. The van der Waals surface area contributed by atoms with Crippen molar-refractivity contribution in [2.45, 2.75) is 13.0 Å². The van der Waals surface area contributed by atoms with Gasteiger partial charge in [0.1, 0.15) is 17.2 Å². The Morgan fingerprint density at radius 2 is 1.71 bits per heavy atom. The first-order valence-electron chi connectivity index (χ1n) is 9.02. The monoisotopic (exact) mass is 372 g/mol. The molecule has 1 atom stereocenters. The molecule has 1 aliphatic heterocycles. The maximum atomic E-state index is 13.3. The van der Waals surface area contributed by atoms with Gasteiger partial charge < -0.3 is 14.6 Å². The molecule has 0 bridgehead atoms. The number of hydrogen-bond donors (Lipinski definition) is 1. The number of ketones is 1. The topological polar surface area (TPSA) is 55.8 Å². The number of benzene rings is 3. The van der Waals surface area contributed by atoms with E-state index in [-0.39, 0.29) is 11.5 Å². The third kappa shape index (κ3) is 3.37. The summed E-state index contributed by atoms with van der Waals surface area (Å²) >= 11 is 0. The van der Waals surface area contributed by atoms with E-state index in [1.807, 2.05) is 61.5 Å². The number of Topliss-reactive ketones (excluding diaryl/α,β-unsaturated/α-hetero) is 1. The van der Waals surface area contributed by atoms with Crippen LogP contribution in [0.4, 0.5) is 0 Å². The zero-order valence-corrected chi connectivity index (χ0v) is 15.7. The SMILES string of the molecule is COc1ccc(C=C2C(=O)c3cc(O)ccc3OC2c2ccc(C)cc2)cc1. The molecule has 1 heterocycles. The second kappa shape index (κ2) is 7.24. The van der Waals surface area contributed by atoms with Gasteiger partial charge in [0.05, 0.1) is 12.7 Å². The smallest absolute Gasteiger partial charge is 0.196 e. The maximum absolute atomic E-state index is 13.3. The number of methoxy groups -OCH3 is 1. The van der Waals surface area contributed by atoms with Crippen LogP contribution in [-0.4, -0.2) is 18.0 Å². The van der Waals surface area contributed by atoms with Crippen LogP contribution < -0.4 is 9.47 Å².